The fourth-order valence-corrected chi connectivity index (χ4v) is 1.26. The molecule has 0 unspecified atom stereocenters. The van der Waals surface area contributed by atoms with Crippen LogP contribution in [0.5, 0.6) is 0 Å². The lowest BCUT2D eigenvalue weighted by Gasteiger charge is -2.04. The topological polar surface area (TPSA) is 68.5 Å². The summed E-state index contributed by atoms with van der Waals surface area (Å²) in [5.74, 6) is 0.809. The molecule has 6 heteroatoms. The van der Waals surface area contributed by atoms with Crippen LogP contribution in [0.15, 0.2) is 25.0 Å². The van der Waals surface area contributed by atoms with Gasteiger partial charge in [0.05, 0.1) is 24.6 Å². The Morgan fingerprint density at radius 2 is 2.25 bits per heavy atom. The molecule has 0 amide bonds. The van der Waals surface area contributed by atoms with Gasteiger partial charge in [-0.3, -0.25) is 4.98 Å². The van der Waals surface area contributed by atoms with Gasteiger partial charge in [0, 0.05) is 6.54 Å². The van der Waals surface area contributed by atoms with Crippen LogP contribution in [0.1, 0.15) is 19.0 Å². The molecule has 0 bridgehead atoms. The molecule has 0 aliphatic carbocycles. The molecule has 16 heavy (non-hydrogen) atoms. The average molecular weight is 218 g/mol. The van der Waals surface area contributed by atoms with E-state index in [4.69, 9.17) is 0 Å². The minimum absolute atomic E-state index is 0.598. The highest BCUT2D eigenvalue weighted by atomic mass is 15.3. The predicted octanol–water partition coefficient (Wildman–Crippen LogP) is 0.938. The number of hydrogen-bond donors (Lipinski definition) is 1. The third-order valence-corrected chi connectivity index (χ3v) is 2.05. The van der Waals surface area contributed by atoms with Gasteiger partial charge in [0.15, 0.2) is 0 Å². The van der Waals surface area contributed by atoms with E-state index in [-0.39, 0.29) is 0 Å². The Bertz CT molecular complexity index is 407. The second-order valence-corrected chi connectivity index (χ2v) is 3.41. The minimum atomic E-state index is 0.598. The Balaban J connectivity index is 1.96. The van der Waals surface area contributed by atoms with Gasteiger partial charge in [0.1, 0.15) is 18.5 Å². The van der Waals surface area contributed by atoms with Crippen molar-refractivity contribution in [3.63, 3.8) is 0 Å². The molecule has 2 aromatic rings. The second-order valence-electron chi connectivity index (χ2n) is 3.41. The molecule has 2 aromatic heterocycles. The molecule has 6 nitrogen and oxygen atoms in total. The van der Waals surface area contributed by atoms with Crippen molar-refractivity contribution in [2.45, 2.75) is 19.9 Å². The fraction of sp³-hybridized carbons (Fsp3) is 0.400. The van der Waals surface area contributed by atoms with Gasteiger partial charge >= 0.3 is 0 Å². The average Bonchev–Trinajstić information content (AvgIpc) is 2.81. The minimum Gasteiger partial charge on any atom is -0.369 e. The molecule has 0 spiro atoms. The molecule has 0 atom stereocenters. The third-order valence-electron chi connectivity index (χ3n) is 2.05. The van der Waals surface area contributed by atoms with E-state index in [1.54, 1.807) is 23.4 Å². The first kappa shape index (κ1) is 10.5. The SMILES string of the molecule is CCCNc1cnc(Cn2cncn2)cn1. The highest BCUT2D eigenvalue weighted by Gasteiger charge is 1.98. The lowest BCUT2D eigenvalue weighted by molar-refractivity contribution is 0.668. The summed E-state index contributed by atoms with van der Waals surface area (Å²) in [6, 6.07) is 0. The monoisotopic (exact) mass is 218 g/mol. The highest BCUT2D eigenvalue weighted by molar-refractivity contribution is 5.30. The van der Waals surface area contributed by atoms with Crippen molar-refractivity contribution >= 4 is 5.82 Å². The zero-order valence-corrected chi connectivity index (χ0v) is 9.17. The maximum absolute atomic E-state index is 4.29. The first-order chi connectivity index (χ1) is 7.88. The van der Waals surface area contributed by atoms with E-state index in [2.05, 4.69) is 32.3 Å². The molecule has 0 radical (unpaired) electrons. The van der Waals surface area contributed by atoms with Crippen LogP contribution in [0.25, 0.3) is 0 Å². The largest absolute Gasteiger partial charge is 0.369 e. The van der Waals surface area contributed by atoms with Crippen LogP contribution in [0.3, 0.4) is 0 Å². The van der Waals surface area contributed by atoms with Crippen LogP contribution in [-0.2, 0) is 6.54 Å². The van der Waals surface area contributed by atoms with Crippen LogP contribution in [0.4, 0.5) is 5.82 Å². The van der Waals surface area contributed by atoms with Crippen molar-refractivity contribution in [2.75, 3.05) is 11.9 Å². The molecule has 1 N–H and O–H groups in total. The highest BCUT2D eigenvalue weighted by Crippen LogP contribution is 2.02. The van der Waals surface area contributed by atoms with E-state index in [1.165, 1.54) is 6.33 Å². The lowest BCUT2D eigenvalue weighted by Crippen LogP contribution is -2.06. The number of nitrogens with zero attached hydrogens (tertiary/aromatic N) is 5. The molecular weight excluding hydrogens is 204 g/mol. The molecule has 0 aliphatic heterocycles. The molecule has 0 saturated carbocycles. The Hall–Kier alpha value is -1.98. The molecule has 0 aliphatic rings. The quantitative estimate of drug-likeness (QED) is 0.808. The van der Waals surface area contributed by atoms with Gasteiger partial charge in [-0.05, 0) is 6.42 Å². The van der Waals surface area contributed by atoms with Gasteiger partial charge in [0.25, 0.3) is 0 Å². The number of nitrogens with one attached hydrogen (secondary N) is 1. The Morgan fingerprint density at radius 1 is 1.31 bits per heavy atom. The number of aromatic nitrogens is 5. The van der Waals surface area contributed by atoms with Crippen molar-refractivity contribution < 1.29 is 0 Å². The van der Waals surface area contributed by atoms with Crippen LogP contribution in [0, 0.1) is 0 Å². The van der Waals surface area contributed by atoms with Crippen LogP contribution in [-0.4, -0.2) is 31.3 Å². The summed E-state index contributed by atoms with van der Waals surface area (Å²) in [7, 11) is 0. The maximum Gasteiger partial charge on any atom is 0.144 e. The van der Waals surface area contributed by atoms with Gasteiger partial charge in [-0.25, -0.2) is 14.6 Å². The smallest absolute Gasteiger partial charge is 0.144 e. The first-order valence-electron chi connectivity index (χ1n) is 5.25. The molecule has 2 rings (SSSR count). The van der Waals surface area contributed by atoms with Gasteiger partial charge in [-0.1, -0.05) is 6.92 Å². The molecular formula is C10H14N6. The van der Waals surface area contributed by atoms with Gasteiger partial charge in [0.2, 0.25) is 0 Å². The summed E-state index contributed by atoms with van der Waals surface area (Å²) >= 11 is 0. The van der Waals surface area contributed by atoms with E-state index in [0.29, 0.717) is 6.54 Å². The predicted molar refractivity (Wildman–Crippen MR) is 59.9 cm³/mol. The molecule has 0 aromatic carbocycles. The van der Waals surface area contributed by atoms with Crippen LogP contribution < -0.4 is 5.32 Å². The lowest BCUT2D eigenvalue weighted by atomic mass is 10.4. The van der Waals surface area contributed by atoms with Crippen molar-refractivity contribution in [1.29, 1.82) is 0 Å². The number of anilines is 1. The number of hydrogen-bond acceptors (Lipinski definition) is 5. The van der Waals surface area contributed by atoms with Crippen molar-refractivity contribution in [2.24, 2.45) is 0 Å². The summed E-state index contributed by atoms with van der Waals surface area (Å²) in [5.41, 5.74) is 0.868. The van der Waals surface area contributed by atoms with E-state index >= 15 is 0 Å². The van der Waals surface area contributed by atoms with E-state index in [9.17, 15) is 0 Å². The van der Waals surface area contributed by atoms with Crippen molar-refractivity contribution in [1.82, 2.24) is 24.7 Å². The Labute approximate surface area is 93.8 Å². The maximum atomic E-state index is 4.29. The normalized spacial score (nSPS) is 10.3. The summed E-state index contributed by atoms with van der Waals surface area (Å²) < 4.78 is 1.71. The zero-order valence-electron chi connectivity index (χ0n) is 9.17. The molecule has 0 saturated heterocycles. The summed E-state index contributed by atoms with van der Waals surface area (Å²) in [6.45, 7) is 3.62. The van der Waals surface area contributed by atoms with Crippen molar-refractivity contribution in [3.05, 3.63) is 30.7 Å². The first-order valence-corrected chi connectivity index (χ1v) is 5.25. The number of rotatable bonds is 5. The Morgan fingerprint density at radius 3 is 2.88 bits per heavy atom. The van der Waals surface area contributed by atoms with Crippen LogP contribution >= 0.6 is 0 Å². The van der Waals surface area contributed by atoms with Gasteiger partial charge in [-0.15, -0.1) is 0 Å². The van der Waals surface area contributed by atoms with Gasteiger partial charge in [-0.2, -0.15) is 5.10 Å². The second kappa shape index (κ2) is 5.20. The Kier molecular flexibility index (Phi) is 3.42. The summed E-state index contributed by atoms with van der Waals surface area (Å²) in [4.78, 5) is 12.4. The molecule has 0 fully saturated rings. The molecule has 84 valence electrons. The van der Waals surface area contributed by atoms with E-state index < -0.39 is 0 Å². The van der Waals surface area contributed by atoms with Gasteiger partial charge < -0.3 is 5.32 Å². The standard InChI is InChI=1S/C10H14N6/c1-2-3-12-10-5-13-9(4-14-10)6-16-8-11-7-15-16/h4-5,7-8H,2-3,6H2,1H3,(H,12,14). The molecule has 2 heterocycles. The van der Waals surface area contributed by atoms with E-state index in [0.717, 1.165) is 24.5 Å². The summed E-state index contributed by atoms with van der Waals surface area (Å²) in [5, 5.41) is 7.18. The fourth-order valence-electron chi connectivity index (χ4n) is 1.26. The third kappa shape index (κ3) is 2.75. The van der Waals surface area contributed by atoms with Crippen molar-refractivity contribution in [3.8, 4) is 0 Å². The summed E-state index contributed by atoms with van der Waals surface area (Å²) in [6.07, 6.45) is 7.72. The van der Waals surface area contributed by atoms with E-state index in [1.807, 2.05) is 0 Å². The zero-order chi connectivity index (χ0) is 11.2. The van der Waals surface area contributed by atoms with Crippen LogP contribution in [0.2, 0.25) is 0 Å².